The van der Waals surface area contributed by atoms with Crippen LogP contribution in [0.25, 0.3) is 0 Å². The van der Waals surface area contributed by atoms with Gasteiger partial charge >= 0.3 is 0 Å². The van der Waals surface area contributed by atoms with Gasteiger partial charge in [0.05, 0.1) is 18.9 Å². The highest BCUT2D eigenvalue weighted by Crippen LogP contribution is 2.28. The summed E-state index contributed by atoms with van der Waals surface area (Å²) in [6, 6.07) is -5.69. The first kappa shape index (κ1) is 4.69. The van der Waals surface area contributed by atoms with Crippen LogP contribution in [0.4, 0.5) is 0 Å². The fraction of sp³-hybridized carbons (Fsp3) is 0.333. The minimum Gasteiger partial charge on any atom is -0.367 e. The molecule has 0 saturated carbocycles. The number of benzene rings is 2. The summed E-state index contributed by atoms with van der Waals surface area (Å²) in [5, 5.41) is 0. The average Bonchev–Trinajstić information content (AvgIpc) is 2.74. The summed E-state index contributed by atoms with van der Waals surface area (Å²) < 4.78 is 123. The van der Waals surface area contributed by atoms with Crippen LogP contribution in [-0.4, -0.2) is 32.0 Å². The third kappa shape index (κ3) is 3.92. The Bertz CT molecular complexity index is 983. The molecule has 0 bridgehead atoms. The van der Waals surface area contributed by atoms with E-state index in [1.807, 2.05) is 0 Å². The van der Waals surface area contributed by atoms with Gasteiger partial charge in [-0.15, -0.1) is 0 Å². The second kappa shape index (κ2) is 7.22. The van der Waals surface area contributed by atoms with Gasteiger partial charge in [0, 0.05) is 14.8 Å². The molecule has 2 nitrogen and oxygen atoms in total. The number of nitrogens with zero attached hydrogens (tertiary/aromatic N) is 1. The van der Waals surface area contributed by atoms with E-state index in [4.69, 9.17) is 25.3 Å². The minimum absolute atomic E-state index is 0.0173. The fourth-order valence-corrected chi connectivity index (χ4v) is 1.61. The van der Waals surface area contributed by atoms with Crippen molar-refractivity contribution < 1.29 is 25.3 Å². The molecule has 0 amide bonds. The number of ether oxygens (including phenoxy) is 1. The van der Waals surface area contributed by atoms with Crippen LogP contribution in [0.1, 0.15) is 43.4 Å². The van der Waals surface area contributed by atoms with E-state index in [9.17, 15) is 0 Å². The third-order valence-electron chi connectivity index (χ3n) is 2.56. The molecule has 0 N–H and O–H groups in total. The Morgan fingerprint density at radius 2 is 1.80 bits per heavy atom. The molecule has 2 aromatic rings. The molecule has 0 aliphatic rings. The van der Waals surface area contributed by atoms with Crippen molar-refractivity contribution >= 4 is 0 Å². The number of rotatable bonds is 6. The zero-order chi connectivity index (χ0) is 27.2. The molecule has 0 aliphatic carbocycles. The molecule has 2 aromatic carbocycles. The van der Waals surface area contributed by atoms with Gasteiger partial charge in [0.15, 0.2) is 0 Å². The highest BCUT2D eigenvalue weighted by Gasteiger charge is 2.16. The lowest BCUT2D eigenvalue weighted by Crippen LogP contribution is -2.20. The van der Waals surface area contributed by atoms with E-state index in [0.29, 0.717) is 0 Å². The molecule has 0 saturated heterocycles. The Labute approximate surface area is 143 Å². The van der Waals surface area contributed by atoms with Crippen molar-refractivity contribution in [3.8, 4) is 0 Å². The van der Waals surface area contributed by atoms with E-state index < -0.39 is 93.2 Å². The van der Waals surface area contributed by atoms with Crippen molar-refractivity contribution in [3.05, 3.63) is 71.1 Å². The number of likely N-dealkylation sites (N-methyl/N-ethyl adjacent to an activating group) is 1. The van der Waals surface area contributed by atoms with Gasteiger partial charge in [0.2, 0.25) is 0 Å². The predicted octanol–water partition coefficient (Wildman–Crippen LogP) is 3.66. The van der Waals surface area contributed by atoms with Crippen molar-refractivity contribution in [2.24, 2.45) is 0 Å². The van der Waals surface area contributed by atoms with E-state index in [2.05, 4.69) is 0 Å². The molecule has 106 valence electrons. The van der Waals surface area contributed by atoms with Gasteiger partial charge in [-0.3, -0.25) is 0 Å². The van der Waals surface area contributed by atoms with Crippen molar-refractivity contribution in [1.29, 1.82) is 0 Å². The lowest BCUT2D eigenvalue weighted by atomic mass is 9.97. The fourth-order valence-electron chi connectivity index (χ4n) is 1.61. The summed E-state index contributed by atoms with van der Waals surface area (Å²) in [5.41, 5.74) is -0.668. The Kier molecular flexibility index (Phi) is 1.69. The maximum atomic E-state index is 8.35. The second-order valence-electron chi connectivity index (χ2n) is 3.98. The second-order valence-corrected chi connectivity index (χ2v) is 3.98. The standard InChI is InChI=1S/C18H23NO/c1-15-9-7-8-12-17(15)18(20-14-13-19(2)3)16-10-5-4-6-11-16/h4-12,18H,13-14H2,1-3H3/i2D3,3D3,4D,5D,6D,7D,8D,9D,10D,11D,12D. The number of hydrogen-bond acceptors (Lipinski definition) is 2. The minimum atomic E-state index is -3.02. The predicted molar refractivity (Wildman–Crippen MR) is 84.0 cm³/mol. The Morgan fingerprint density at radius 3 is 2.55 bits per heavy atom. The van der Waals surface area contributed by atoms with Crippen molar-refractivity contribution in [2.45, 2.75) is 13.0 Å². The zero-order valence-electron chi connectivity index (χ0n) is 25.8. The Balaban J connectivity index is 2.73. The Hall–Kier alpha value is -1.64. The monoisotopic (exact) mass is 284 g/mol. The summed E-state index contributed by atoms with van der Waals surface area (Å²) in [5.74, 6) is 0. The smallest absolute Gasteiger partial charge is 0.108 e. The van der Waals surface area contributed by atoms with E-state index in [-0.39, 0.29) is 16.0 Å². The van der Waals surface area contributed by atoms with Crippen LogP contribution in [0, 0.1) is 6.92 Å². The topological polar surface area (TPSA) is 12.5 Å². The van der Waals surface area contributed by atoms with Crippen LogP contribution in [-0.2, 0) is 4.74 Å². The molecule has 0 spiro atoms. The molecule has 1 atom stereocenters. The molecule has 0 heterocycles. The molecular formula is C18H23NO. The highest BCUT2D eigenvalue weighted by atomic mass is 16.5. The van der Waals surface area contributed by atoms with E-state index in [1.165, 1.54) is 6.92 Å². The van der Waals surface area contributed by atoms with Crippen LogP contribution in [0.5, 0.6) is 0 Å². The molecule has 0 radical (unpaired) electrons. The van der Waals surface area contributed by atoms with Gasteiger partial charge < -0.3 is 9.64 Å². The normalized spacial score (nSPS) is 24.6. The summed E-state index contributed by atoms with van der Waals surface area (Å²) in [6.45, 7) is -5.99. The summed E-state index contributed by atoms with van der Waals surface area (Å²) in [7, 11) is 0. The van der Waals surface area contributed by atoms with Crippen LogP contribution in [0.3, 0.4) is 0 Å². The molecule has 2 heteroatoms. The maximum absolute atomic E-state index is 8.35. The lowest BCUT2D eigenvalue weighted by molar-refractivity contribution is 0.0683. The SMILES string of the molecule is [2H]c1c([2H])c([2H])c(C(OCCN(C([2H])([2H])[2H])C([2H])([2H])[2H])c2c([2H])c([2H])c([2H])c([2H])c2C)c([2H])c1[2H]. The first-order valence-corrected chi connectivity index (χ1v) is 5.87. The van der Waals surface area contributed by atoms with Gasteiger partial charge in [-0.2, -0.15) is 0 Å². The third-order valence-corrected chi connectivity index (χ3v) is 2.56. The van der Waals surface area contributed by atoms with Gasteiger partial charge in [-0.25, -0.2) is 0 Å². The summed E-state index contributed by atoms with van der Waals surface area (Å²) in [6.07, 6.45) is -1.65. The van der Waals surface area contributed by atoms with E-state index >= 15 is 0 Å². The molecule has 20 heavy (non-hydrogen) atoms. The van der Waals surface area contributed by atoms with Gasteiger partial charge in [-0.1, -0.05) is 54.4 Å². The van der Waals surface area contributed by atoms with Crippen molar-refractivity contribution in [1.82, 2.24) is 4.90 Å². The average molecular weight is 284 g/mol. The quantitative estimate of drug-likeness (QED) is 0.802. The van der Waals surface area contributed by atoms with Crippen LogP contribution < -0.4 is 0 Å². The van der Waals surface area contributed by atoms with Gasteiger partial charge in [0.1, 0.15) is 6.10 Å². The highest BCUT2D eigenvalue weighted by molar-refractivity contribution is 5.35. The van der Waals surface area contributed by atoms with Crippen molar-refractivity contribution in [2.75, 3.05) is 27.1 Å². The molecule has 1 unspecified atom stereocenters. The molecule has 0 aliphatic heterocycles. The molecule has 2 rings (SSSR count). The van der Waals surface area contributed by atoms with Crippen LogP contribution in [0.2, 0.25) is 0 Å². The van der Waals surface area contributed by atoms with Crippen LogP contribution >= 0.6 is 0 Å². The number of hydrogen-bond donors (Lipinski definition) is 0. The molecular weight excluding hydrogens is 246 g/mol. The molecule has 0 fully saturated rings. The summed E-state index contributed by atoms with van der Waals surface area (Å²) >= 11 is 0. The summed E-state index contributed by atoms with van der Waals surface area (Å²) in [4.78, 5) is 0.214. The zero-order valence-corrected chi connectivity index (χ0v) is 10.8. The largest absolute Gasteiger partial charge is 0.367 e. The van der Waals surface area contributed by atoms with E-state index in [0.717, 1.165) is 0 Å². The molecule has 0 aromatic heterocycles. The first-order chi connectivity index (χ1) is 15.8. The van der Waals surface area contributed by atoms with E-state index in [1.54, 1.807) is 0 Å². The first-order valence-electron chi connectivity index (χ1n) is 13.4. The van der Waals surface area contributed by atoms with Gasteiger partial charge in [0.25, 0.3) is 0 Å². The van der Waals surface area contributed by atoms with Crippen molar-refractivity contribution in [3.63, 3.8) is 0 Å². The van der Waals surface area contributed by atoms with Crippen LogP contribution in [0.15, 0.2) is 54.4 Å². The Morgan fingerprint density at radius 1 is 1.10 bits per heavy atom. The lowest BCUT2D eigenvalue weighted by Gasteiger charge is -2.22. The van der Waals surface area contributed by atoms with Gasteiger partial charge in [-0.05, 0) is 37.6 Å². The maximum Gasteiger partial charge on any atom is 0.108 e.